The van der Waals surface area contributed by atoms with Crippen molar-refractivity contribution in [2.75, 3.05) is 13.2 Å². The summed E-state index contributed by atoms with van der Waals surface area (Å²) in [7, 11) is 0. The predicted octanol–water partition coefficient (Wildman–Crippen LogP) is 4.41. The molecule has 180 valence electrons. The molecule has 1 saturated heterocycles. The van der Waals surface area contributed by atoms with Crippen molar-refractivity contribution in [2.45, 2.75) is 57.5 Å². The first-order valence-corrected chi connectivity index (χ1v) is 12.1. The number of ether oxygens (including phenoxy) is 1. The van der Waals surface area contributed by atoms with Gasteiger partial charge in [0.05, 0.1) is 0 Å². The highest BCUT2D eigenvalue weighted by Gasteiger charge is 2.38. The van der Waals surface area contributed by atoms with Crippen molar-refractivity contribution in [1.82, 2.24) is 10.2 Å². The first-order valence-electron chi connectivity index (χ1n) is 12.1. The van der Waals surface area contributed by atoms with E-state index in [-0.39, 0.29) is 24.3 Å². The molecule has 0 saturated carbocycles. The molecule has 3 atom stereocenters. The normalized spacial score (nSPS) is 18.6. The van der Waals surface area contributed by atoms with Gasteiger partial charge in [0.25, 0.3) is 0 Å². The van der Waals surface area contributed by atoms with Crippen LogP contribution in [-0.2, 0) is 14.3 Å². The zero-order chi connectivity index (χ0) is 24.2. The third-order valence-corrected chi connectivity index (χ3v) is 7.09. The van der Waals surface area contributed by atoms with E-state index in [1.807, 2.05) is 38.1 Å². The highest BCUT2D eigenvalue weighted by atomic mass is 16.5. The predicted molar refractivity (Wildman–Crippen MR) is 128 cm³/mol. The van der Waals surface area contributed by atoms with E-state index in [2.05, 4.69) is 29.6 Å². The van der Waals surface area contributed by atoms with Crippen LogP contribution in [-0.4, -0.2) is 53.2 Å². The molecular formula is C27H32N2O5. The lowest BCUT2D eigenvalue weighted by Gasteiger charge is -2.28. The Hall–Kier alpha value is -3.35. The fourth-order valence-corrected chi connectivity index (χ4v) is 5.06. The molecule has 1 heterocycles. The third-order valence-electron chi connectivity index (χ3n) is 7.09. The van der Waals surface area contributed by atoms with Crippen LogP contribution in [0.2, 0.25) is 0 Å². The van der Waals surface area contributed by atoms with Gasteiger partial charge in [-0.15, -0.1) is 0 Å². The van der Waals surface area contributed by atoms with Crippen molar-refractivity contribution < 1.29 is 24.2 Å². The topological polar surface area (TPSA) is 95.9 Å². The van der Waals surface area contributed by atoms with Gasteiger partial charge >= 0.3 is 12.1 Å². The summed E-state index contributed by atoms with van der Waals surface area (Å²) in [6, 6.07) is 14.6. The molecule has 2 aromatic carbocycles. The summed E-state index contributed by atoms with van der Waals surface area (Å²) in [6.45, 7) is 4.58. The Morgan fingerprint density at radius 3 is 2.29 bits per heavy atom. The van der Waals surface area contributed by atoms with Crippen LogP contribution >= 0.6 is 0 Å². The molecule has 1 aliphatic heterocycles. The summed E-state index contributed by atoms with van der Waals surface area (Å²) in [5.74, 6) is -1.24. The van der Waals surface area contributed by atoms with Crippen LogP contribution in [0, 0.1) is 5.92 Å². The Bertz CT molecular complexity index is 1020. The molecule has 0 aromatic heterocycles. The van der Waals surface area contributed by atoms with Gasteiger partial charge in [-0.2, -0.15) is 0 Å². The minimum Gasteiger partial charge on any atom is -0.480 e. The van der Waals surface area contributed by atoms with Gasteiger partial charge in [-0.05, 0) is 47.4 Å². The molecule has 7 nitrogen and oxygen atoms in total. The molecule has 1 fully saturated rings. The summed E-state index contributed by atoms with van der Waals surface area (Å²) in [5.41, 5.74) is 4.52. The summed E-state index contributed by atoms with van der Waals surface area (Å²) < 4.78 is 5.64. The number of hydrogen-bond acceptors (Lipinski definition) is 4. The molecule has 1 aliphatic carbocycles. The molecule has 0 bridgehead atoms. The zero-order valence-electron chi connectivity index (χ0n) is 19.7. The van der Waals surface area contributed by atoms with Crippen LogP contribution in [0.15, 0.2) is 48.5 Å². The van der Waals surface area contributed by atoms with Gasteiger partial charge < -0.3 is 20.1 Å². The van der Waals surface area contributed by atoms with Gasteiger partial charge in [-0.3, -0.25) is 4.79 Å². The number of amides is 2. The van der Waals surface area contributed by atoms with E-state index < -0.39 is 24.1 Å². The Labute approximate surface area is 200 Å². The van der Waals surface area contributed by atoms with Crippen LogP contribution in [0.25, 0.3) is 11.1 Å². The van der Waals surface area contributed by atoms with Crippen molar-refractivity contribution >= 4 is 18.0 Å². The number of nitrogens with zero attached hydrogens (tertiary/aromatic N) is 1. The molecule has 2 aliphatic rings. The quantitative estimate of drug-likeness (QED) is 0.604. The van der Waals surface area contributed by atoms with E-state index in [0.717, 1.165) is 28.7 Å². The molecule has 0 spiro atoms. The van der Waals surface area contributed by atoms with Gasteiger partial charge in [0.1, 0.15) is 18.7 Å². The maximum atomic E-state index is 13.2. The number of benzene rings is 2. The Kier molecular flexibility index (Phi) is 7.20. The number of aliphatic carboxylic acids is 1. The highest BCUT2D eigenvalue weighted by Crippen LogP contribution is 2.44. The molecule has 2 aromatic rings. The summed E-state index contributed by atoms with van der Waals surface area (Å²) in [4.78, 5) is 39.0. The monoisotopic (exact) mass is 464 g/mol. The standard InChI is InChI=1S/C27H32N2O5/c1-3-17(2)15-23(25(30)29-14-8-13-24(29)26(31)32)28-27(33)34-16-22-20-11-6-4-9-18(20)19-10-5-7-12-21(19)22/h4-7,9-12,17,22-24H,3,8,13-16H2,1-2H3,(H,28,33)(H,31,32)/t17?,23?,24-/m0/s1. The molecule has 4 rings (SSSR count). The van der Waals surface area contributed by atoms with E-state index in [0.29, 0.717) is 25.8 Å². The Morgan fingerprint density at radius 1 is 1.09 bits per heavy atom. The second-order valence-electron chi connectivity index (χ2n) is 9.30. The van der Waals surface area contributed by atoms with Crippen LogP contribution < -0.4 is 5.32 Å². The number of carboxylic acids is 1. The second-order valence-corrected chi connectivity index (χ2v) is 9.30. The van der Waals surface area contributed by atoms with Gasteiger partial charge in [0, 0.05) is 12.5 Å². The third kappa shape index (κ3) is 4.79. The maximum Gasteiger partial charge on any atom is 0.407 e. The van der Waals surface area contributed by atoms with E-state index in [9.17, 15) is 19.5 Å². The van der Waals surface area contributed by atoms with Crippen molar-refractivity contribution in [3.63, 3.8) is 0 Å². The van der Waals surface area contributed by atoms with Gasteiger partial charge in [0.15, 0.2) is 0 Å². The number of fused-ring (bicyclic) bond motifs is 3. The summed E-state index contributed by atoms with van der Waals surface area (Å²) in [6.07, 6.45) is 1.70. The van der Waals surface area contributed by atoms with Crippen molar-refractivity contribution in [3.05, 3.63) is 59.7 Å². The van der Waals surface area contributed by atoms with Crippen LogP contribution in [0.4, 0.5) is 4.79 Å². The molecular weight excluding hydrogens is 432 g/mol. The number of rotatable bonds is 8. The Morgan fingerprint density at radius 2 is 1.71 bits per heavy atom. The lowest BCUT2D eigenvalue weighted by molar-refractivity contribution is -0.149. The van der Waals surface area contributed by atoms with Crippen LogP contribution in [0.3, 0.4) is 0 Å². The molecule has 2 amide bonds. The van der Waals surface area contributed by atoms with E-state index in [1.165, 1.54) is 4.90 Å². The summed E-state index contributed by atoms with van der Waals surface area (Å²) in [5, 5.41) is 12.2. The fourth-order valence-electron chi connectivity index (χ4n) is 5.06. The number of carbonyl (C=O) groups is 3. The van der Waals surface area contributed by atoms with Gasteiger partial charge in [-0.1, -0.05) is 68.8 Å². The molecule has 0 radical (unpaired) electrons. The lowest BCUT2D eigenvalue weighted by Crippen LogP contribution is -2.52. The minimum absolute atomic E-state index is 0.0724. The average molecular weight is 465 g/mol. The summed E-state index contributed by atoms with van der Waals surface area (Å²) >= 11 is 0. The van der Waals surface area contributed by atoms with Crippen molar-refractivity contribution in [2.24, 2.45) is 5.92 Å². The number of hydrogen-bond donors (Lipinski definition) is 2. The fraction of sp³-hybridized carbons (Fsp3) is 0.444. The molecule has 2 N–H and O–H groups in total. The average Bonchev–Trinajstić information content (AvgIpc) is 3.45. The van der Waals surface area contributed by atoms with Gasteiger partial charge in [-0.25, -0.2) is 9.59 Å². The number of nitrogens with one attached hydrogen (secondary N) is 1. The number of likely N-dealkylation sites (tertiary alicyclic amines) is 1. The Balaban J connectivity index is 1.45. The van der Waals surface area contributed by atoms with E-state index in [1.54, 1.807) is 0 Å². The van der Waals surface area contributed by atoms with E-state index in [4.69, 9.17) is 4.74 Å². The largest absolute Gasteiger partial charge is 0.480 e. The number of carboxylic acid groups (broad SMARTS) is 1. The minimum atomic E-state index is -1.01. The van der Waals surface area contributed by atoms with Crippen molar-refractivity contribution in [3.8, 4) is 11.1 Å². The molecule has 34 heavy (non-hydrogen) atoms. The molecule has 2 unspecified atom stereocenters. The zero-order valence-corrected chi connectivity index (χ0v) is 19.7. The first kappa shape index (κ1) is 23.8. The van der Waals surface area contributed by atoms with Gasteiger partial charge in [0.2, 0.25) is 5.91 Å². The maximum absolute atomic E-state index is 13.2. The number of carbonyl (C=O) groups excluding carboxylic acids is 2. The van der Waals surface area contributed by atoms with Crippen molar-refractivity contribution in [1.29, 1.82) is 0 Å². The first-order chi connectivity index (χ1) is 16.4. The lowest BCUT2D eigenvalue weighted by atomic mass is 9.98. The molecule has 7 heteroatoms. The second kappa shape index (κ2) is 10.3. The van der Waals surface area contributed by atoms with Crippen LogP contribution in [0.5, 0.6) is 0 Å². The SMILES string of the molecule is CCC(C)CC(NC(=O)OCC1c2ccccc2-c2ccccc21)C(=O)N1CCC[C@H]1C(=O)O. The van der Waals surface area contributed by atoms with E-state index >= 15 is 0 Å². The van der Waals surface area contributed by atoms with Crippen LogP contribution in [0.1, 0.15) is 56.6 Å². The smallest absolute Gasteiger partial charge is 0.407 e. The highest BCUT2D eigenvalue weighted by molar-refractivity contribution is 5.89. The number of alkyl carbamates (subject to hydrolysis) is 1.